The summed E-state index contributed by atoms with van der Waals surface area (Å²) in [5, 5.41) is 18.3. The minimum Gasteiger partial charge on any atom is -0.462 e. The van der Waals surface area contributed by atoms with Gasteiger partial charge in [0.05, 0.1) is 19.8 Å². The molecule has 0 rings (SSSR count). The number of aliphatic hydroxyl groups excluding tert-OH is 2. The summed E-state index contributed by atoms with van der Waals surface area (Å²) < 4.78 is 32.7. The fourth-order valence-corrected chi connectivity index (χ4v) is 6.72. The van der Waals surface area contributed by atoms with Gasteiger partial charge in [0.25, 0.3) is 0 Å². The van der Waals surface area contributed by atoms with E-state index in [1.807, 2.05) is 0 Å². The zero-order valence-electron chi connectivity index (χ0n) is 36.0. The van der Waals surface area contributed by atoms with Gasteiger partial charge in [-0.1, -0.05) is 152 Å². The summed E-state index contributed by atoms with van der Waals surface area (Å²) in [5.41, 5.74) is 0. The summed E-state index contributed by atoms with van der Waals surface area (Å²) in [6.45, 7) is 2.31. The lowest BCUT2D eigenvalue weighted by Gasteiger charge is -2.20. The molecule has 0 aromatic carbocycles. The first-order chi connectivity index (χ1) is 27.7. The van der Waals surface area contributed by atoms with Crippen molar-refractivity contribution in [3.8, 4) is 0 Å². The Morgan fingerprint density at radius 3 is 1.35 bits per heavy atom. The maximum absolute atomic E-state index is 12.6. The molecule has 0 aromatic rings. The number of carbonyl (C=O) groups excluding carboxylic acids is 2. The Balaban J connectivity index is 4.29. The monoisotopic (exact) mass is 827 g/mol. The normalized spacial score (nSPS) is 14.3. The molecule has 0 aliphatic rings. The first-order valence-electron chi connectivity index (χ1n) is 22.6. The number of unbranched alkanes of at least 4 members (excludes halogenated alkanes) is 20. The molecule has 0 amide bonds. The van der Waals surface area contributed by atoms with Gasteiger partial charge in [-0.2, -0.15) is 0 Å². The zero-order valence-corrected chi connectivity index (χ0v) is 36.9. The number of phosphoric acid groups is 1. The van der Waals surface area contributed by atoms with Crippen LogP contribution in [-0.4, -0.2) is 65.7 Å². The maximum Gasteiger partial charge on any atom is 0.472 e. The van der Waals surface area contributed by atoms with Crippen LogP contribution in [0.4, 0.5) is 0 Å². The number of carbonyl (C=O) groups is 2. The highest BCUT2D eigenvalue weighted by Crippen LogP contribution is 2.43. The van der Waals surface area contributed by atoms with Crippen molar-refractivity contribution in [2.45, 2.75) is 206 Å². The molecule has 0 saturated carbocycles. The van der Waals surface area contributed by atoms with Gasteiger partial charge in [-0.05, 0) is 77.0 Å². The molecule has 0 aliphatic carbocycles. The third-order valence-electron chi connectivity index (χ3n) is 9.46. The van der Waals surface area contributed by atoms with Gasteiger partial charge in [0.15, 0.2) is 6.10 Å². The third kappa shape index (κ3) is 41.9. The molecule has 0 bridgehead atoms. The second-order valence-electron chi connectivity index (χ2n) is 15.1. The Kier molecular flexibility index (Phi) is 40.5. The van der Waals surface area contributed by atoms with Crippen LogP contribution in [0.5, 0.6) is 0 Å². The summed E-state index contributed by atoms with van der Waals surface area (Å²) in [6, 6.07) is 0. The van der Waals surface area contributed by atoms with Crippen molar-refractivity contribution in [2.24, 2.45) is 0 Å². The minimum atomic E-state index is -4.62. The molecule has 0 heterocycles. The van der Waals surface area contributed by atoms with E-state index in [2.05, 4.69) is 62.5 Å². The van der Waals surface area contributed by atoms with Crippen molar-refractivity contribution in [1.82, 2.24) is 0 Å². The predicted octanol–water partition coefficient (Wildman–Crippen LogP) is 12.1. The first kappa shape index (κ1) is 54.9. The molecule has 11 heteroatoms. The number of rotatable bonds is 42. The molecule has 0 radical (unpaired) electrons. The van der Waals surface area contributed by atoms with E-state index >= 15 is 0 Å². The molecule has 3 N–H and O–H groups in total. The molecule has 332 valence electrons. The zero-order chi connectivity index (χ0) is 41.9. The number of ether oxygens (including phenoxy) is 2. The number of aliphatic hydroxyl groups is 2. The Hall–Kier alpha value is -2.07. The van der Waals surface area contributed by atoms with Crippen LogP contribution in [0.2, 0.25) is 0 Å². The molecule has 0 fully saturated rings. The molecule has 57 heavy (non-hydrogen) atoms. The van der Waals surface area contributed by atoms with Crippen molar-refractivity contribution >= 4 is 19.8 Å². The third-order valence-corrected chi connectivity index (χ3v) is 10.4. The van der Waals surface area contributed by atoms with E-state index < -0.39 is 51.8 Å². The fraction of sp³-hybridized carbons (Fsp3) is 0.783. The molecular weight excluding hydrogens is 743 g/mol. The molecule has 0 saturated heterocycles. The molecule has 0 spiro atoms. The fourth-order valence-electron chi connectivity index (χ4n) is 5.94. The Morgan fingerprint density at radius 2 is 0.912 bits per heavy atom. The van der Waals surface area contributed by atoms with Crippen molar-refractivity contribution in [3.05, 3.63) is 48.6 Å². The van der Waals surface area contributed by atoms with Crippen LogP contribution < -0.4 is 0 Å². The topological polar surface area (TPSA) is 149 Å². The van der Waals surface area contributed by atoms with Crippen LogP contribution in [-0.2, 0) is 32.7 Å². The standard InChI is InChI=1S/C46H83O10P/c1-3-5-7-9-11-13-15-17-19-20-21-22-24-26-28-30-32-34-36-38-46(50)56-44(42-55-57(51,52)54-40-43(48)39-47)41-53-45(49)37-35-33-31-29-27-25-23-18-16-14-12-10-8-6-4-2/h11-14,17-19,23,43-44,47-48H,3-10,15-16,20-22,24-42H2,1-2H3,(H,51,52)/b13-11-,14-12-,19-17-,23-18-. The van der Waals surface area contributed by atoms with E-state index in [4.69, 9.17) is 23.6 Å². The minimum absolute atomic E-state index is 0.175. The van der Waals surface area contributed by atoms with E-state index in [1.165, 1.54) is 77.0 Å². The smallest absolute Gasteiger partial charge is 0.462 e. The van der Waals surface area contributed by atoms with Crippen LogP contribution in [0.25, 0.3) is 0 Å². The second-order valence-corrected chi connectivity index (χ2v) is 16.5. The van der Waals surface area contributed by atoms with E-state index in [1.54, 1.807) is 0 Å². The summed E-state index contributed by atoms with van der Waals surface area (Å²) in [5.74, 6) is -0.945. The van der Waals surface area contributed by atoms with Crippen molar-refractivity contribution < 1.29 is 47.8 Å². The van der Waals surface area contributed by atoms with Gasteiger partial charge in [-0.25, -0.2) is 4.57 Å². The molecule has 3 atom stereocenters. The predicted molar refractivity (Wildman–Crippen MR) is 233 cm³/mol. The van der Waals surface area contributed by atoms with Gasteiger partial charge >= 0.3 is 19.8 Å². The highest BCUT2D eigenvalue weighted by atomic mass is 31.2. The Morgan fingerprint density at radius 1 is 0.526 bits per heavy atom. The lowest BCUT2D eigenvalue weighted by Crippen LogP contribution is -2.29. The summed E-state index contributed by atoms with van der Waals surface area (Å²) >= 11 is 0. The SMILES string of the molecule is CCCCC/C=C\C/C=C\CCCCCCCCCCCC(=O)OC(COC(=O)CCCCCCC/C=C\C/C=C\CCCCC)COP(=O)(O)OCC(O)CO. The quantitative estimate of drug-likeness (QED) is 0.0235. The first-order valence-corrected chi connectivity index (χ1v) is 24.1. The number of allylic oxidation sites excluding steroid dienone is 8. The number of hydrogen-bond acceptors (Lipinski definition) is 9. The lowest BCUT2D eigenvalue weighted by atomic mass is 10.1. The van der Waals surface area contributed by atoms with Crippen LogP contribution >= 0.6 is 7.82 Å². The number of phosphoric ester groups is 1. The molecule has 0 aliphatic heterocycles. The molecule has 0 aromatic heterocycles. The largest absolute Gasteiger partial charge is 0.472 e. The van der Waals surface area contributed by atoms with Gasteiger partial charge in [-0.3, -0.25) is 18.6 Å². The number of esters is 2. The van der Waals surface area contributed by atoms with Gasteiger partial charge in [0.1, 0.15) is 12.7 Å². The van der Waals surface area contributed by atoms with Crippen molar-refractivity contribution in [3.63, 3.8) is 0 Å². The van der Waals surface area contributed by atoms with Crippen molar-refractivity contribution in [2.75, 3.05) is 26.4 Å². The summed E-state index contributed by atoms with van der Waals surface area (Å²) in [7, 11) is -4.62. The summed E-state index contributed by atoms with van der Waals surface area (Å²) in [4.78, 5) is 35.0. The Labute approximate surface area is 347 Å². The molecule has 3 unspecified atom stereocenters. The van der Waals surface area contributed by atoms with E-state index in [9.17, 15) is 24.2 Å². The van der Waals surface area contributed by atoms with Gasteiger partial charge in [0, 0.05) is 12.8 Å². The highest BCUT2D eigenvalue weighted by Gasteiger charge is 2.27. The maximum atomic E-state index is 12.6. The van der Waals surface area contributed by atoms with Crippen LogP contribution in [0.1, 0.15) is 194 Å². The van der Waals surface area contributed by atoms with Gasteiger partial charge in [-0.15, -0.1) is 0 Å². The van der Waals surface area contributed by atoms with E-state index in [-0.39, 0.29) is 19.4 Å². The van der Waals surface area contributed by atoms with Crippen LogP contribution in [0, 0.1) is 0 Å². The second kappa shape index (κ2) is 42.1. The van der Waals surface area contributed by atoms with Gasteiger partial charge in [0.2, 0.25) is 0 Å². The highest BCUT2D eigenvalue weighted by molar-refractivity contribution is 7.47. The Bertz CT molecular complexity index is 1090. The molecular formula is C46H83O10P. The van der Waals surface area contributed by atoms with Crippen LogP contribution in [0.15, 0.2) is 48.6 Å². The summed E-state index contributed by atoms with van der Waals surface area (Å²) in [6.07, 6.45) is 45.0. The average Bonchev–Trinajstić information content (AvgIpc) is 3.20. The number of hydrogen-bond donors (Lipinski definition) is 3. The van der Waals surface area contributed by atoms with Gasteiger partial charge < -0.3 is 24.6 Å². The van der Waals surface area contributed by atoms with E-state index in [0.717, 1.165) is 77.0 Å². The van der Waals surface area contributed by atoms with Crippen molar-refractivity contribution in [1.29, 1.82) is 0 Å². The average molecular weight is 827 g/mol. The van der Waals surface area contributed by atoms with Crippen LogP contribution in [0.3, 0.4) is 0 Å². The molecule has 10 nitrogen and oxygen atoms in total. The lowest BCUT2D eigenvalue weighted by molar-refractivity contribution is -0.161. The van der Waals surface area contributed by atoms with E-state index in [0.29, 0.717) is 12.8 Å².